The molecule has 0 atom stereocenters. The van der Waals surface area contributed by atoms with Crippen molar-refractivity contribution in [2.24, 2.45) is 5.73 Å². The second kappa shape index (κ2) is 4.05. The average Bonchev–Trinajstić information content (AvgIpc) is 2.10. The van der Waals surface area contributed by atoms with Crippen LogP contribution in [0.1, 0.15) is 5.56 Å². The van der Waals surface area contributed by atoms with Crippen molar-refractivity contribution in [1.82, 2.24) is 0 Å². The lowest BCUT2D eigenvalue weighted by Crippen LogP contribution is -2.09. The van der Waals surface area contributed by atoms with Gasteiger partial charge in [-0.05, 0) is 24.6 Å². The van der Waals surface area contributed by atoms with Gasteiger partial charge >= 0.3 is 0 Å². The molecule has 6 nitrogen and oxygen atoms in total. The van der Waals surface area contributed by atoms with E-state index in [1.54, 1.807) is 0 Å². The molecule has 0 aliphatic rings. The Morgan fingerprint density at radius 3 is 2.33 bits per heavy atom. The number of hydrogen-bond donors (Lipinski definition) is 4. The van der Waals surface area contributed by atoms with Crippen molar-refractivity contribution in [2.45, 2.75) is 11.3 Å². The normalized spacial score (nSPS) is 11.6. The molecule has 0 saturated heterocycles. The molecule has 5 N–H and O–H groups in total. The van der Waals surface area contributed by atoms with Crippen LogP contribution in [0.3, 0.4) is 0 Å². The molecule has 0 unspecified atom stereocenters. The molecular formula is C8H11NO5S. The summed E-state index contributed by atoms with van der Waals surface area (Å²) in [6.07, 6.45) is 0.170. The monoisotopic (exact) mass is 233 g/mol. The zero-order chi connectivity index (χ0) is 11.6. The number of phenols is 2. The van der Waals surface area contributed by atoms with Crippen LogP contribution in [0.5, 0.6) is 11.5 Å². The maximum Gasteiger partial charge on any atom is 0.298 e. The molecule has 1 aromatic carbocycles. The van der Waals surface area contributed by atoms with E-state index in [-0.39, 0.29) is 18.5 Å². The second-order valence-corrected chi connectivity index (χ2v) is 4.29. The van der Waals surface area contributed by atoms with Crippen molar-refractivity contribution >= 4 is 10.1 Å². The summed E-state index contributed by atoms with van der Waals surface area (Å²) in [5, 5.41) is 18.4. The predicted octanol–water partition coefficient (Wildman–Crippen LogP) is -0.154. The fraction of sp³-hybridized carbons (Fsp3) is 0.250. The van der Waals surface area contributed by atoms with Gasteiger partial charge in [-0.15, -0.1) is 0 Å². The first kappa shape index (κ1) is 11.8. The zero-order valence-electron chi connectivity index (χ0n) is 7.71. The Morgan fingerprint density at radius 1 is 1.27 bits per heavy atom. The topological polar surface area (TPSA) is 121 Å². The molecule has 0 saturated carbocycles. The molecule has 0 spiro atoms. The summed E-state index contributed by atoms with van der Waals surface area (Å²) < 4.78 is 30.8. The maximum absolute atomic E-state index is 10.9. The number of aromatic hydroxyl groups is 2. The highest BCUT2D eigenvalue weighted by Gasteiger charge is 2.22. The van der Waals surface area contributed by atoms with Gasteiger partial charge < -0.3 is 15.9 Å². The Bertz CT molecular complexity index is 468. The summed E-state index contributed by atoms with van der Waals surface area (Å²) in [5.41, 5.74) is 5.40. The zero-order valence-corrected chi connectivity index (χ0v) is 8.53. The molecule has 1 rings (SSSR count). The van der Waals surface area contributed by atoms with E-state index in [2.05, 4.69) is 0 Å². The molecule has 0 bridgehead atoms. The number of nitrogens with two attached hydrogens (primary N) is 1. The Balaban J connectivity index is 3.49. The van der Waals surface area contributed by atoms with Crippen LogP contribution < -0.4 is 5.73 Å². The van der Waals surface area contributed by atoms with Gasteiger partial charge in [0.15, 0.2) is 11.5 Å². The minimum absolute atomic E-state index is 0.159. The number of hydrogen-bond acceptors (Lipinski definition) is 5. The standard InChI is InChI=1S/C8H11NO5S/c9-4-3-5-1-2-6(10)7(11)8(5)15(12,13)14/h1-2,10-11H,3-4,9H2,(H,12,13,14). The third-order valence-corrected chi connectivity index (χ3v) is 2.83. The number of benzene rings is 1. The summed E-state index contributed by atoms with van der Waals surface area (Å²) in [6.45, 7) is 0.159. The largest absolute Gasteiger partial charge is 0.504 e. The maximum atomic E-state index is 10.9. The third kappa shape index (κ3) is 2.38. The van der Waals surface area contributed by atoms with Gasteiger partial charge in [0.25, 0.3) is 10.1 Å². The Labute approximate surface area is 86.7 Å². The quantitative estimate of drug-likeness (QED) is 0.425. The van der Waals surface area contributed by atoms with E-state index in [1.807, 2.05) is 0 Å². The van der Waals surface area contributed by atoms with Gasteiger partial charge in [-0.2, -0.15) is 8.42 Å². The molecule has 0 aliphatic heterocycles. The van der Waals surface area contributed by atoms with Crippen LogP contribution in [-0.4, -0.2) is 29.7 Å². The third-order valence-electron chi connectivity index (χ3n) is 1.86. The van der Waals surface area contributed by atoms with Crippen LogP contribution in [0.25, 0.3) is 0 Å². The number of rotatable bonds is 3. The molecule has 0 radical (unpaired) electrons. The molecule has 0 heterocycles. The Hall–Kier alpha value is -1.31. The van der Waals surface area contributed by atoms with Gasteiger partial charge in [-0.3, -0.25) is 4.55 Å². The van der Waals surface area contributed by atoms with Crippen molar-refractivity contribution in [1.29, 1.82) is 0 Å². The van der Waals surface area contributed by atoms with Crippen molar-refractivity contribution in [3.05, 3.63) is 17.7 Å². The second-order valence-electron chi connectivity index (χ2n) is 2.94. The summed E-state index contributed by atoms with van der Waals surface area (Å²) in [7, 11) is -4.57. The van der Waals surface area contributed by atoms with Gasteiger partial charge in [0.2, 0.25) is 0 Å². The number of phenolic OH excluding ortho intramolecular Hbond substituents is 2. The molecular weight excluding hydrogens is 222 g/mol. The van der Waals surface area contributed by atoms with Gasteiger partial charge in [0, 0.05) is 0 Å². The Morgan fingerprint density at radius 2 is 1.87 bits per heavy atom. The van der Waals surface area contributed by atoms with Crippen LogP contribution in [0.4, 0.5) is 0 Å². The van der Waals surface area contributed by atoms with Crippen LogP contribution >= 0.6 is 0 Å². The highest BCUT2D eigenvalue weighted by molar-refractivity contribution is 7.86. The molecule has 0 fully saturated rings. The molecule has 1 aromatic rings. The molecule has 0 aliphatic carbocycles. The lowest BCUT2D eigenvalue weighted by atomic mass is 10.1. The van der Waals surface area contributed by atoms with Gasteiger partial charge in [-0.25, -0.2) is 0 Å². The van der Waals surface area contributed by atoms with E-state index < -0.39 is 26.5 Å². The van der Waals surface area contributed by atoms with E-state index in [0.717, 1.165) is 6.07 Å². The highest BCUT2D eigenvalue weighted by Crippen LogP contribution is 2.34. The van der Waals surface area contributed by atoms with E-state index in [9.17, 15) is 13.5 Å². The summed E-state index contributed by atoms with van der Waals surface area (Å²) >= 11 is 0. The van der Waals surface area contributed by atoms with Gasteiger partial charge in [-0.1, -0.05) is 6.07 Å². The predicted molar refractivity (Wildman–Crippen MR) is 52.3 cm³/mol. The summed E-state index contributed by atoms with van der Waals surface area (Å²) in [4.78, 5) is -0.687. The Kier molecular flexibility index (Phi) is 3.18. The SMILES string of the molecule is NCCc1ccc(O)c(O)c1S(=O)(=O)O. The summed E-state index contributed by atoms with van der Waals surface area (Å²) in [6, 6.07) is 2.42. The van der Waals surface area contributed by atoms with Crippen molar-refractivity contribution in [3.63, 3.8) is 0 Å². The fourth-order valence-corrected chi connectivity index (χ4v) is 2.09. The van der Waals surface area contributed by atoms with Crippen molar-refractivity contribution in [2.75, 3.05) is 6.54 Å². The molecule has 0 aromatic heterocycles. The van der Waals surface area contributed by atoms with Crippen LogP contribution in [0, 0.1) is 0 Å². The van der Waals surface area contributed by atoms with E-state index >= 15 is 0 Å². The summed E-state index contributed by atoms with van der Waals surface area (Å²) in [5.74, 6) is -1.47. The van der Waals surface area contributed by atoms with Crippen LogP contribution in [0.2, 0.25) is 0 Å². The van der Waals surface area contributed by atoms with Gasteiger partial charge in [0.1, 0.15) is 4.90 Å². The first-order valence-corrected chi connectivity index (χ1v) is 5.53. The molecule has 84 valence electrons. The minimum Gasteiger partial charge on any atom is -0.504 e. The molecule has 0 amide bonds. The molecule has 7 heteroatoms. The minimum atomic E-state index is -4.57. The van der Waals surface area contributed by atoms with E-state index in [1.165, 1.54) is 6.07 Å². The van der Waals surface area contributed by atoms with E-state index in [0.29, 0.717) is 0 Å². The highest BCUT2D eigenvalue weighted by atomic mass is 32.2. The van der Waals surface area contributed by atoms with Crippen LogP contribution in [0.15, 0.2) is 17.0 Å². The first-order chi connectivity index (χ1) is 6.88. The van der Waals surface area contributed by atoms with Crippen molar-refractivity contribution < 1.29 is 23.2 Å². The smallest absolute Gasteiger partial charge is 0.298 e. The van der Waals surface area contributed by atoms with Gasteiger partial charge in [0.05, 0.1) is 0 Å². The first-order valence-electron chi connectivity index (χ1n) is 4.09. The van der Waals surface area contributed by atoms with Crippen LogP contribution in [-0.2, 0) is 16.5 Å². The van der Waals surface area contributed by atoms with Crippen molar-refractivity contribution in [3.8, 4) is 11.5 Å². The van der Waals surface area contributed by atoms with E-state index in [4.69, 9.17) is 15.4 Å². The lowest BCUT2D eigenvalue weighted by molar-refractivity contribution is 0.387. The fourth-order valence-electron chi connectivity index (χ4n) is 1.24. The molecule has 15 heavy (non-hydrogen) atoms. The average molecular weight is 233 g/mol. The lowest BCUT2D eigenvalue weighted by Gasteiger charge is -2.08.